The van der Waals surface area contributed by atoms with Gasteiger partial charge in [0.05, 0.1) is 18.4 Å². The monoisotopic (exact) mass is 432 g/mol. The lowest BCUT2D eigenvalue weighted by atomic mass is 10.0. The van der Waals surface area contributed by atoms with Crippen molar-refractivity contribution in [2.45, 2.75) is 6.92 Å². The molecule has 1 aliphatic rings. The molecular weight excluding hydrogens is 412 g/mol. The van der Waals surface area contributed by atoms with Crippen LogP contribution in [0.25, 0.3) is 5.57 Å². The Hall–Kier alpha value is -3.57. The van der Waals surface area contributed by atoms with Gasteiger partial charge < -0.3 is 9.64 Å². The molecule has 0 unspecified atom stereocenters. The number of amides is 2. The van der Waals surface area contributed by atoms with Gasteiger partial charge in [0.2, 0.25) is 0 Å². The zero-order valence-corrected chi connectivity index (χ0v) is 18.0. The summed E-state index contributed by atoms with van der Waals surface area (Å²) in [5, 5.41) is 0.533. The number of methoxy groups -OCH3 is 1. The van der Waals surface area contributed by atoms with Gasteiger partial charge in [-0.05, 0) is 61.0 Å². The van der Waals surface area contributed by atoms with Gasteiger partial charge in [-0.25, -0.2) is 4.90 Å². The number of hydrogen-bond acceptors (Lipinski definition) is 4. The zero-order valence-electron chi connectivity index (χ0n) is 17.2. The lowest BCUT2D eigenvalue weighted by Gasteiger charge is -2.25. The summed E-state index contributed by atoms with van der Waals surface area (Å²) in [5.41, 5.74) is 2.67. The minimum absolute atomic E-state index is 0.346. The second-order valence-corrected chi connectivity index (χ2v) is 7.39. The minimum Gasteiger partial charge on any atom is -0.497 e. The highest BCUT2D eigenvalue weighted by Gasteiger charge is 2.42. The van der Waals surface area contributed by atoms with Gasteiger partial charge in [0.25, 0.3) is 11.8 Å². The van der Waals surface area contributed by atoms with Crippen LogP contribution in [0.2, 0.25) is 5.02 Å². The summed E-state index contributed by atoms with van der Waals surface area (Å²) >= 11 is 6.01. The molecule has 0 N–H and O–H groups in total. The highest BCUT2D eigenvalue weighted by Crippen LogP contribution is 2.37. The Morgan fingerprint density at radius 3 is 2.10 bits per heavy atom. The van der Waals surface area contributed by atoms with E-state index in [4.69, 9.17) is 16.3 Å². The number of hydrogen-bond donors (Lipinski definition) is 0. The maximum Gasteiger partial charge on any atom is 0.282 e. The number of imide groups is 1. The van der Waals surface area contributed by atoms with Crippen LogP contribution >= 0.6 is 11.6 Å². The lowest BCUT2D eigenvalue weighted by Crippen LogP contribution is -2.35. The Morgan fingerprint density at radius 1 is 0.871 bits per heavy atom. The van der Waals surface area contributed by atoms with Crippen LogP contribution in [0, 0.1) is 0 Å². The summed E-state index contributed by atoms with van der Waals surface area (Å²) in [7, 11) is 1.58. The van der Waals surface area contributed by atoms with E-state index in [-0.39, 0.29) is 11.8 Å². The van der Waals surface area contributed by atoms with Gasteiger partial charge in [-0.1, -0.05) is 41.9 Å². The molecule has 0 radical (unpaired) electrons. The molecule has 156 valence electrons. The summed E-state index contributed by atoms with van der Waals surface area (Å²) in [6, 6.07) is 23.4. The smallest absolute Gasteiger partial charge is 0.282 e. The molecule has 0 bridgehead atoms. The van der Waals surface area contributed by atoms with E-state index in [0.29, 0.717) is 39.8 Å². The van der Waals surface area contributed by atoms with E-state index in [1.807, 2.05) is 42.2 Å². The second-order valence-electron chi connectivity index (χ2n) is 6.95. The molecule has 1 heterocycles. The van der Waals surface area contributed by atoms with E-state index in [0.717, 1.165) is 5.69 Å². The van der Waals surface area contributed by atoms with Gasteiger partial charge in [0.15, 0.2) is 0 Å². The fourth-order valence-electron chi connectivity index (χ4n) is 3.69. The second kappa shape index (κ2) is 8.66. The normalized spacial score (nSPS) is 13.7. The van der Waals surface area contributed by atoms with Gasteiger partial charge in [0.1, 0.15) is 11.4 Å². The maximum atomic E-state index is 13.6. The molecule has 0 saturated heterocycles. The number of carbonyl (C=O) groups is 2. The van der Waals surface area contributed by atoms with Gasteiger partial charge in [0, 0.05) is 17.3 Å². The topological polar surface area (TPSA) is 49.9 Å². The lowest BCUT2D eigenvalue weighted by molar-refractivity contribution is -0.120. The summed E-state index contributed by atoms with van der Waals surface area (Å²) < 4.78 is 5.24. The number of likely N-dealkylation sites (N-methyl/N-ethyl adjacent to an activating group) is 1. The molecule has 4 rings (SSSR count). The fraction of sp³-hybridized carbons (Fsp3) is 0.120. The van der Waals surface area contributed by atoms with Crippen molar-refractivity contribution in [3.63, 3.8) is 0 Å². The number of rotatable bonds is 6. The first-order chi connectivity index (χ1) is 15.0. The van der Waals surface area contributed by atoms with Crippen molar-refractivity contribution >= 4 is 40.4 Å². The van der Waals surface area contributed by atoms with Crippen molar-refractivity contribution in [2.24, 2.45) is 0 Å². The summed E-state index contributed by atoms with van der Waals surface area (Å²) in [6.45, 7) is 2.47. The van der Waals surface area contributed by atoms with Crippen molar-refractivity contribution in [3.05, 3.63) is 95.1 Å². The van der Waals surface area contributed by atoms with Crippen molar-refractivity contribution in [1.82, 2.24) is 0 Å². The van der Waals surface area contributed by atoms with E-state index >= 15 is 0 Å². The molecule has 0 aliphatic carbocycles. The third kappa shape index (κ3) is 3.80. The van der Waals surface area contributed by atoms with Crippen LogP contribution in [0.1, 0.15) is 12.5 Å². The average molecular weight is 433 g/mol. The first kappa shape index (κ1) is 20.7. The van der Waals surface area contributed by atoms with Crippen LogP contribution in [-0.2, 0) is 9.59 Å². The Balaban J connectivity index is 1.88. The molecule has 0 saturated carbocycles. The molecule has 3 aromatic rings. The molecular formula is C25H21ClN2O3. The molecule has 3 aromatic carbocycles. The van der Waals surface area contributed by atoms with E-state index in [2.05, 4.69) is 0 Å². The van der Waals surface area contributed by atoms with Crippen LogP contribution in [0.5, 0.6) is 5.75 Å². The van der Waals surface area contributed by atoms with Crippen LogP contribution in [0.4, 0.5) is 11.4 Å². The van der Waals surface area contributed by atoms with Gasteiger partial charge in [-0.3, -0.25) is 9.59 Å². The molecule has 6 heteroatoms. The molecule has 0 fully saturated rings. The Kier molecular flexibility index (Phi) is 5.78. The zero-order chi connectivity index (χ0) is 22.0. The molecule has 1 aliphatic heterocycles. The highest BCUT2D eigenvalue weighted by molar-refractivity contribution is 6.46. The predicted octanol–water partition coefficient (Wildman–Crippen LogP) is 5.16. The van der Waals surface area contributed by atoms with Crippen molar-refractivity contribution in [3.8, 4) is 5.75 Å². The van der Waals surface area contributed by atoms with E-state index < -0.39 is 0 Å². The number of halogens is 1. The molecule has 2 amide bonds. The molecule has 5 nitrogen and oxygen atoms in total. The Morgan fingerprint density at radius 2 is 1.52 bits per heavy atom. The predicted molar refractivity (Wildman–Crippen MR) is 123 cm³/mol. The Labute approximate surface area is 186 Å². The number of benzene rings is 3. The van der Waals surface area contributed by atoms with Crippen LogP contribution in [0.3, 0.4) is 0 Å². The summed E-state index contributed by atoms with van der Waals surface area (Å²) in [4.78, 5) is 30.3. The quantitative estimate of drug-likeness (QED) is 0.505. The first-order valence-electron chi connectivity index (χ1n) is 9.90. The SMILES string of the molecule is CCN(C1=C(c2ccc(OC)cc2)C(=O)N(c2ccc(Cl)cc2)C1=O)c1ccccc1. The van der Waals surface area contributed by atoms with Crippen LogP contribution in [-0.4, -0.2) is 25.5 Å². The molecule has 0 spiro atoms. The van der Waals surface area contributed by atoms with Crippen molar-refractivity contribution < 1.29 is 14.3 Å². The number of para-hydroxylation sites is 1. The molecule has 0 aromatic heterocycles. The number of nitrogens with zero attached hydrogens (tertiary/aromatic N) is 2. The average Bonchev–Trinajstić information content (AvgIpc) is 3.06. The number of ether oxygens (including phenoxy) is 1. The molecule has 0 atom stereocenters. The molecule has 31 heavy (non-hydrogen) atoms. The van der Waals surface area contributed by atoms with E-state index in [1.54, 1.807) is 55.6 Å². The largest absolute Gasteiger partial charge is 0.497 e. The summed E-state index contributed by atoms with van der Waals surface area (Å²) in [6.07, 6.45) is 0. The minimum atomic E-state index is -0.373. The summed E-state index contributed by atoms with van der Waals surface area (Å²) in [5.74, 6) is -0.0710. The Bertz CT molecular complexity index is 1140. The van der Waals surface area contributed by atoms with Gasteiger partial charge in [-0.2, -0.15) is 0 Å². The van der Waals surface area contributed by atoms with Crippen LogP contribution < -0.4 is 14.5 Å². The number of carbonyl (C=O) groups excluding carboxylic acids is 2. The first-order valence-corrected chi connectivity index (χ1v) is 10.3. The third-order valence-corrected chi connectivity index (χ3v) is 5.43. The van der Waals surface area contributed by atoms with Crippen molar-refractivity contribution in [2.75, 3.05) is 23.5 Å². The fourth-order valence-corrected chi connectivity index (χ4v) is 3.81. The van der Waals surface area contributed by atoms with Crippen LogP contribution in [0.15, 0.2) is 84.6 Å². The maximum absolute atomic E-state index is 13.6. The highest BCUT2D eigenvalue weighted by atomic mass is 35.5. The standard InChI is InChI=1S/C25H21ClN2O3/c1-3-27(19-7-5-4-6-8-19)23-22(17-9-15-21(31-2)16-10-17)24(29)28(25(23)30)20-13-11-18(26)12-14-20/h4-16H,3H2,1-2H3. The van der Waals surface area contributed by atoms with Crippen molar-refractivity contribution in [1.29, 1.82) is 0 Å². The van der Waals surface area contributed by atoms with Gasteiger partial charge >= 0.3 is 0 Å². The van der Waals surface area contributed by atoms with E-state index in [9.17, 15) is 9.59 Å². The third-order valence-electron chi connectivity index (χ3n) is 5.18. The van der Waals surface area contributed by atoms with E-state index in [1.165, 1.54) is 4.90 Å². The number of anilines is 2. The van der Waals surface area contributed by atoms with Gasteiger partial charge in [-0.15, -0.1) is 0 Å².